The third-order valence-corrected chi connectivity index (χ3v) is 8.84. The molecule has 2 aliphatic rings. The van der Waals surface area contributed by atoms with Crippen molar-refractivity contribution in [3.8, 4) is 22.6 Å². The number of fused-ring (bicyclic) bond motifs is 2. The Hall–Kier alpha value is -4.94. The predicted molar refractivity (Wildman–Crippen MR) is 167 cm³/mol. The Balaban J connectivity index is 1.81. The van der Waals surface area contributed by atoms with E-state index in [1.807, 2.05) is 13.8 Å². The van der Waals surface area contributed by atoms with E-state index in [4.69, 9.17) is 0 Å². The molecular weight excluding hydrogens is 604 g/mol. The van der Waals surface area contributed by atoms with E-state index in [9.17, 15) is 19.1 Å². The summed E-state index contributed by atoms with van der Waals surface area (Å²) in [5.74, 6) is -7.12. The summed E-state index contributed by atoms with van der Waals surface area (Å²) in [6, 6.07) is 2.72. The van der Waals surface area contributed by atoms with Crippen LogP contribution in [0, 0.1) is 30.2 Å². The minimum Gasteiger partial charge on any atom is -0.507 e. The number of piperazine rings is 1. The van der Waals surface area contributed by atoms with Crippen molar-refractivity contribution >= 4 is 28.3 Å². The molecule has 9 nitrogen and oxygen atoms in total. The van der Waals surface area contributed by atoms with E-state index in [1.165, 1.54) is 11.0 Å². The van der Waals surface area contributed by atoms with E-state index >= 15 is 13.2 Å². The van der Waals surface area contributed by atoms with Gasteiger partial charge in [-0.15, -0.1) is 0 Å². The smallest absolute Gasteiger partial charge is 0.354 e. The van der Waals surface area contributed by atoms with Gasteiger partial charge in [0.2, 0.25) is 5.91 Å². The van der Waals surface area contributed by atoms with Gasteiger partial charge in [0, 0.05) is 45.5 Å². The Kier molecular flexibility index (Phi) is 7.73. The number of pyridine rings is 1. The second kappa shape index (κ2) is 11.5. The number of phenolic OH excluding ortho intramolecular Hbond substituents is 1. The maximum Gasteiger partial charge on any atom is 0.354 e. The van der Waals surface area contributed by atoms with Crippen LogP contribution >= 0.6 is 0 Å². The third-order valence-electron chi connectivity index (χ3n) is 8.84. The Labute approximate surface area is 262 Å². The second-order valence-electron chi connectivity index (χ2n) is 11.9. The molecule has 2 aromatic carbocycles. The van der Waals surface area contributed by atoms with Crippen LogP contribution in [-0.2, 0) is 4.79 Å². The molecule has 46 heavy (non-hydrogen) atoms. The van der Waals surface area contributed by atoms with Crippen molar-refractivity contribution in [2.24, 2.45) is 0 Å². The first-order chi connectivity index (χ1) is 21.9. The van der Waals surface area contributed by atoms with Gasteiger partial charge in [-0.3, -0.25) is 14.3 Å². The maximum absolute atomic E-state index is 17.3. The highest BCUT2D eigenvalue weighted by molar-refractivity contribution is 6.05. The number of benzene rings is 2. The average molecular weight is 637 g/mol. The van der Waals surface area contributed by atoms with E-state index in [0.29, 0.717) is 23.7 Å². The number of aromatic hydroxyl groups is 1. The topological polar surface area (TPSA) is 94.8 Å². The van der Waals surface area contributed by atoms with Crippen molar-refractivity contribution in [3.63, 3.8) is 0 Å². The Morgan fingerprint density at radius 3 is 2.48 bits per heavy atom. The van der Waals surface area contributed by atoms with Crippen LogP contribution in [0.25, 0.3) is 27.7 Å². The molecule has 4 aromatic rings. The summed E-state index contributed by atoms with van der Waals surface area (Å²) < 4.78 is 65.0. The minimum atomic E-state index is -1.65. The lowest BCUT2D eigenvalue weighted by atomic mass is 9.95. The van der Waals surface area contributed by atoms with E-state index in [1.54, 1.807) is 36.0 Å². The molecule has 1 saturated heterocycles. The normalized spacial score (nSPS) is 16.5. The third kappa shape index (κ3) is 4.67. The number of rotatable bonds is 4. The minimum absolute atomic E-state index is 0.00516. The van der Waals surface area contributed by atoms with Crippen LogP contribution in [0.3, 0.4) is 0 Å². The number of phenols is 1. The van der Waals surface area contributed by atoms with Gasteiger partial charge >= 0.3 is 5.69 Å². The van der Waals surface area contributed by atoms with E-state index in [-0.39, 0.29) is 66.6 Å². The first-order valence-corrected chi connectivity index (χ1v) is 14.9. The van der Waals surface area contributed by atoms with Crippen molar-refractivity contribution in [2.75, 3.05) is 43.0 Å². The Morgan fingerprint density at radius 2 is 1.78 bits per heavy atom. The number of aromatic nitrogens is 3. The molecule has 1 unspecified atom stereocenters. The van der Waals surface area contributed by atoms with E-state index in [0.717, 1.165) is 10.6 Å². The summed E-state index contributed by atoms with van der Waals surface area (Å²) in [6.07, 6.45) is 3.15. The molecule has 2 aromatic heterocycles. The van der Waals surface area contributed by atoms with Crippen molar-refractivity contribution in [1.29, 1.82) is 0 Å². The number of anilines is 2. The number of carbonyl (C=O) groups is 1. The molecule has 13 heteroatoms. The zero-order valence-corrected chi connectivity index (χ0v) is 25.7. The van der Waals surface area contributed by atoms with Crippen molar-refractivity contribution in [1.82, 2.24) is 19.4 Å². The van der Waals surface area contributed by atoms with Crippen LogP contribution in [-0.4, -0.2) is 69.7 Å². The number of carbonyl (C=O) groups excluding carboxylic acids is 1. The summed E-state index contributed by atoms with van der Waals surface area (Å²) >= 11 is 0. The Bertz CT molecular complexity index is 2000. The highest BCUT2D eigenvalue weighted by atomic mass is 19.2. The lowest BCUT2D eigenvalue weighted by Gasteiger charge is -2.44. The molecule has 1 amide bonds. The monoisotopic (exact) mass is 636 g/mol. The van der Waals surface area contributed by atoms with Gasteiger partial charge in [0.1, 0.15) is 17.1 Å². The number of hydrogen-bond acceptors (Lipinski definition) is 7. The Morgan fingerprint density at radius 1 is 1.04 bits per heavy atom. The molecule has 0 saturated carbocycles. The standard InChI is InChI=1S/C33H32F4N6O3/c1-6-21(45)41-13-14-42-18(15-41)10-12-40(5)30-24-31(27(37)23(26(30)36)22-20(44)8-7-19(34)25(22)35)43(33(46)39-32(24)42)29-17(4)9-11-38-28(29)16(2)3/h6-9,11,16,18,44H,1,10,12-15H2,2-5H3. The lowest BCUT2D eigenvalue weighted by molar-refractivity contribution is -0.126. The largest absolute Gasteiger partial charge is 0.507 e. The molecule has 6 rings (SSSR count). The predicted octanol–water partition coefficient (Wildman–Crippen LogP) is 5.18. The molecule has 1 N–H and O–H groups in total. The van der Waals surface area contributed by atoms with Gasteiger partial charge in [-0.1, -0.05) is 20.4 Å². The van der Waals surface area contributed by atoms with Crippen LogP contribution < -0.4 is 15.5 Å². The highest BCUT2D eigenvalue weighted by Crippen LogP contribution is 2.47. The summed E-state index contributed by atoms with van der Waals surface area (Å²) in [5, 5.41) is 10.6. The quantitative estimate of drug-likeness (QED) is 0.244. The number of halogens is 4. The van der Waals surface area contributed by atoms with Crippen LogP contribution in [0.4, 0.5) is 29.1 Å². The van der Waals surface area contributed by atoms with Gasteiger partial charge < -0.3 is 19.8 Å². The second-order valence-corrected chi connectivity index (χ2v) is 11.9. The van der Waals surface area contributed by atoms with Gasteiger partial charge in [0.25, 0.3) is 0 Å². The highest BCUT2D eigenvalue weighted by Gasteiger charge is 2.38. The fraction of sp³-hybridized carbons (Fsp3) is 0.333. The van der Waals surface area contributed by atoms with Crippen molar-refractivity contribution in [2.45, 2.75) is 39.2 Å². The first kappa shape index (κ1) is 31.1. The van der Waals surface area contributed by atoms with Gasteiger partial charge in [0.05, 0.1) is 33.6 Å². The summed E-state index contributed by atoms with van der Waals surface area (Å²) in [7, 11) is 1.56. The zero-order valence-electron chi connectivity index (χ0n) is 25.7. The molecule has 0 spiro atoms. The molecule has 0 radical (unpaired) electrons. The summed E-state index contributed by atoms with van der Waals surface area (Å²) in [6.45, 7) is 9.85. The number of hydrogen-bond donors (Lipinski definition) is 1. The van der Waals surface area contributed by atoms with Gasteiger partial charge in [-0.2, -0.15) is 4.98 Å². The molecule has 1 atom stereocenters. The zero-order chi connectivity index (χ0) is 33.2. The van der Waals surface area contributed by atoms with Crippen molar-refractivity contribution in [3.05, 3.63) is 82.1 Å². The number of aryl methyl sites for hydroxylation is 1. The van der Waals surface area contributed by atoms with E-state index in [2.05, 4.69) is 16.5 Å². The van der Waals surface area contributed by atoms with Gasteiger partial charge in [0.15, 0.2) is 23.3 Å². The van der Waals surface area contributed by atoms with Gasteiger partial charge in [-0.25, -0.2) is 22.4 Å². The maximum atomic E-state index is 17.3. The summed E-state index contributed by atoms with van der Waals surface area (Å²) in [4.78, 5) is 40.5. The van der Waals surface area contributed by atoms with Crippen LogP contribution in [0.1, 0.15) is 37.4 Å². The van der Waals surface area contributed by atoms with Crippen LogP contribution in [0.5, 0.6) is 5.75 Å². The molecule has 240 valence electrons. The fourth-order valence-electron chi connectivity index (χ4n) is 6.60. The lowest BCUT2D eigenvalue weighted by Crippen LogP contribution is -2.56. The number of amides is 1. The fourth-order valence-corrected chi connectivity index (χ4v) is 6.60. The van der Waals surface area contributed by atoms with Crippen LogP contribution in [0.2, 0.25) is 0 Å². The SMILES string of the molecule is C=CC(=O)N1CCN2c3nc(=O)n(-c4c(C)ccnc4C(C)C)c4c(F)c(-c5c(O)ccc(F)c5F)c(F)c(c34)N(C)CCC2C1. The van der Waals surface area contributed by atoms with Crippen molar-refractivity contribution < 1.29 is 27.5 Å². The molecule has 0 bridgehead atoms. The molecule has 2 aliphatic heterocycles. The number of nitrogens with zero attached hydrogens (tertiary/aromatic N) is 6. The summed E-state index contributed by atoms with van der Waals surface area (Å²) in [5.41, 5.74) is -2.39. The molecule has 0 aliphatic carbocycles. The molecule has 1 fully saturated rings. The first-order valence-electron chi connectivity index (χ1n) is 14.9. The average Bonchev–Trinajstić information content (AvgIpc) is 3.02. The molecule has 4 heterocycles. The van der Waals surface area contributed by atoms with E-state index < -0.39 is 51.4 Å². The molecular formula is C33H32F4N6O3. The van der Waals surface area contributed by atoms with Crippen LogP contribution in [0.15, 0.2) is 41.8 Å². The van der Waals surface area contributed by atoms with Gasteiger partial charge in [-0.05, 0) is 49.1 Å².